The smallest absolute Gasteiger partial charge is 0.242 e. The minimum absolute atomic E-state index is 0.167. The van der Waals surface area contributed by atoms with Crippen LogP contribution in [0.5, 0.6) is 0 Å². The van der Waals surface area contributed by atoms with Crippen LogP contribution in [0.25, 0.3) is 22.3 Å². The molecule has 0 atom stereocenters. The van der Waals surface area contributed by atoms with Crippen molar-refractivity contribution in [1.82, 2.24) is 18.8 Å². The second kappa shape index (κ2) is 9.00. The second-order valence-electron chi connectivity index (χ2n) is 7.62. The standard InChI is InChI=1S/C22H22FN5O3S2/c1-27(2)33(30,31)16-7-8-19-17(12-16)24-20(28(19)3)9-10-21(29)26-22-25-18(13-32-22)14-5-4-6-15(23)11-14/h4-8,11-13H,9-10H2,1-3H3,(H,25,26,29). The van der Waals surface area contributed by atoms with E-state index < -0.39 is 10.0 Å². The molecule has 0 spiro atoms. The van der Waals surface area contributed by atoms with Crippen LogP contribution in [0.4, 0.5) is 9.52 Å². The zero-order valence-corrected chi connectivity index (χ0v) is 19.9. The van der Waals surface area contributed by atoms with Crippen LogP contribution >= 0.6 is 11.3 Å². The van der Waals surface area contributed by atoms with Gasteiger partial charge in [-0.05, 0) is 30.3 Å². The number of halogens is 1. The first kappa shape index (κ1) is 23.0. The van der Waals surface area contributed by atoms with Gasteiger partial charge in [0.15, 0.2) is 5.13 Å². The number of anilines is 1. The highest BCUT2D eigenvalue weighted by molar-refractivity contribution is 7.89. The maximum absolute atomic E-state index is 13.4. The molecule has 0 saturated heterocycles. The van der Waals surface area contributed by atoms with Crippen LogP contribution in [0.3, 0.4) is 0 Å². The van der Waals surface area contributed by atoms with E-state index in [4.69, 9.17) is 0 Å². The molecule has 2 aromatic carbocycles. The van der Waals surface area contributed by atoms with E-state index in [1.54, 1.807) is 29.6 Å². The molecule has 1 amide bonds. The molecule has 0 unspecified atom stereocenters. The summed E-state index contributed by atoms with van der Waals surface area (Å²) in [5.74, 6) is 0.0946. The molecule has 0 aliphatic heterocycles. The van der Waals surface area contributed by atoms with Crippen molar-refractivity contribution in [3.05, 3.63) is 59.5 Å². The SMILES string of the molecule is CN(C)S(=O)(=O)c1ccc2c(c1)nc(CCC(=O)Nc1nc(-c3cccc(F)c3)cs1)n2C. The quantitative estimate of drug-likeness (QED) is 0.429. The summed E-state index contributed by atoms with van der Waals surface area (Å²) in [5, 5.41) is 4.96. The third-order valence-corrected chi connectivity index (χ3v) is 7.74. The van der Waals surface area contributed by atoms with E-state index >= 15 is 0 Å². The van der Waals surface area contributed by atoms with Crippen LogP contribution in [0.1, 0.15) is 12.2 Å². The van der Waals surface area contributed by atoms with Gasteiger partial charge in [0, 0.05) is 44.9 Å². The third-order valence-electron chi connectivity index (χ3n) is 5.17. The van der Waals surface area contributed by atoms with E-state index in [0.717, 1.165) is 9.82 Å². The van der Waals surface area contributed by atoms with Gasteiger partial charge in [0.05, 0.1) is 21.6 Å². The van der Waals surface area contributed by atoms with Crippen LogP contribution in [0.15, 0.2) is 52.7 Å². The minimum Gasteiger partial charge on any atom is -0.331 e. The highest BCUT2D eigenvalue weighted by atomic mass is 32.2. The van der Waals surface area contributed by atoms with E-state index in [1.807, 2.05) is 11.6 Å². The number of nitrogens with one attached hydrogen (secondary N) is 1. The van der Waals surface area contributed by atoms with Gasteiger partial charge in [0.1, 0.15) is 11.6 Å². The van der Waals surface area contributed by atoms with Crippen LogP contribution in [0, 0.1) is 5.82 Å². The Morgan fingerprint density at radius 1 is 1.18 bits per heavy atom. The van der Waals surface area contributed by atoms with E-state index in [-0.39, 0.29) is 23.0 Å². The summed E-state index contributed by atoms with van der Waals surface area (Å²) in [6.07, 6.45) is 0.545. The number of hydrogen-bond acceptors (Lipinski definition) is 6. The van der Waals surface area contributed by atoms with E-state index in [1.165, 1.54) is 43.6 Å². The first-order valence-corrected chi connectivity index (χ1v) is 12.4. The Labute approximate surface area is 194 Å². The zero-order valence-electron chi connectivity index (χ0n) is 18.2. The number of amides is 1. The van der Waals surface area contributed by atoms with Crippen LogP contribution in [-0.4, -0.2) is 47.3 Å². The van der Waals surface area contributed by atoms with Crippen molar-refractivity contribution in [3.8, 4) is 11.3 Å². The maximum atomic E-state index is 13.4. The fourth-order valence-electron chi connectivity index (χ4n) is 3.34. The molecule has 0 aliphatic carbocycles. The molecule has 0 bridgehead atoms. The number of aryl methyl sites for hydroxylation is 2. The monoisotopic (exact) mass is 487 g/mol. The maximum Gasteiger partial charge on any atom is 0.242 e. The van der Waals surface area contributed by atoms with E-state index in [2.05, 4.69) is 15.3 Å². The predicted molar refractivity (Wildman–Crippen MR) is 126 cm³/mol. The molecule has 0 fully saturated rings. The van der Waals surface area contributed by atoms with E-state index in [0.29, 0.717) is 34.2 Å². The van der Waals surface area contributed by atoms with Crippen LogP contribution < -0.4 is 5.32 Å². The number of hydrogen-bond donors (Lipinski definition) is 1. The lowest BCUT2D eigenvalue weighted by molar-refractivity contribution is -0.116. The van der Waals surface area contributed by atoms with Gasteiger partial charge in [-0.25, -0.2) is 27.1 Å². The number of rotatable bonds is 7. The molecule has 4 rings (SSSR count). The molecule has 4 aromatic rings. The van der Waals surface area contributed by atoms with Crippen molar-refractivity contribution in [2.24, 2.45) is 7.05 Å². The summed E-state index contributed by atoms with van der Waals surface area (Å²) < 4.78 is 41.2. The molecule has 0 aliphatic rings. The molecule has 33 heavy (non-hydrogen) atoms. The molecule has 2 aromatic heterocycles. The molecular formula is C22H22FN5O3S2. The number of imidazole rings is 1. The Morgan fingerprint density at radius 3 is 2.70 bits per heavy atom. The van der Waals surface area contributed by atoms with Gasteiger partial charge in [-0.15, -0.1) is 11.3 Å². The fourth-order valence-corrected chi connectivity index (χ4v) is 5.00. The van der Waals surface area contributed by atoms with Crippen molar-refractivity contribution in [1.29, 1.82) is 0 Å². The molecule has 1 N–H and O–H groups in total. The Balaban J connectivity index is 1.44. The number of aromatic nitrogens is 3. The summed E-state index contributed by atoms with van der Waals surface area (Å²) >= 11 is 1.27. The Morgan fingerprint density at radius 2 is 1.97 bits per heavy atom. The van der Waals surface area contributed by atoms with Crippen molar-refractivity contribution in [2.75, 3.05) is 19.4 Å². The lowest BCUT2D eigenvalue weighted by atomic mass is 10.2. The first-order chi connectivity index (χ1) is 15.6. The number of benzene rings is 2. The van der Waals surface area contributed by atoms with Gasteiger partial charge in [-0.2, -0.15) is 0 Å². The van der Waals surface area contributed by atoms with Gasteiger partial charge < -0.3 is 9.88 Å². The summed E-state index contributed by atoms with van der Waals surface area (Å²) in [6.45, 7) is 0. The van der Waals surface area contributed by atoms with E-state index in [9.17, 15) is 17.6 Å². The summed E-state index contributed by atoms with van der Waals surface area (Å²) in [5.41, 5.74) is 2.56. The molecule has 0 saturated carbocycles. The normalized spacial score (nSPS) is 11.9. The molecule has 172 valence electrons. The molecule has 8 nitrogen and oxygen atoms in total. The molecular weight excluding hydrogens is 465 g/mol. The summed E-state index contributed by atoms with van der Waals surface area (Å²) in [4.78, 5) is 21.5. The topological polar surface area (TPSA) is 97.2 Å². The van der Waals surface area contributed by atoms with Crippen molar-refractivity contribution in [2.45, 2.75) is 17.7 Å². The van der Waals surface area contributed by atoms with Gasteiger partial charge >= 0.3 is 0 Å². The highest BCUT2D eigenvalue weighted by Crippen LogP contribution is 2.26. The van der Waals surface area contributed by atoms with Crippen molar-refractivity contribution in [3.63, 3.8) is 0 Å². The largest absolute Gasteiger partial charge is 0.331 e. The van der Waals surface area contributed by atoms with Gasteiger partial charge in [0.25, 0.3) is 0 Å². The zero-order chi connectivity index (χ0) is 23.8. The Kier molecular flexibility index (Phi) is 6.28. The van der Waals surface area contributed by atoms with Crippen molar-refractivity contribution < 1.29 is 17.6 Å². The lowest BCUT2D eigenvalue weighted by Gasteiger charge is -2.10. The number of thiazole rings is 1. The molecule has 2 heterocycles. The second-order valence-corrected chi connectivity index (χ2v) is 10.6. The predicted octanol–water partition coefficient (Wildman–Crippen LogP) is 3.66. The lowest BCUT2D eigenvalue weighted by Crippen LogP contribution is -2.22. The van der Waals surface area contributed by atoms with Gasteiger partial charge in [0.2, 0.25) is 15.9 Å². The molecule has 0 radical (unpaired) electrons. The minimum atomic E-state index is -3.56. The average Bonchev–Trinajstić information content (AvgIpc) is 3.36. The number of fused-ring (bicyclic) bond motifs is 1. The summed E-state index contributed by atoms with van der Waals surface area (Å²) in [6, 6.07) is 10.9. The number of carbonyl (C=O) groups excluding carboxylic acids is 1. The third kappa shape index (κ3) is 4.80. The Hall–Kier alpha value is -3.15. The molecule has 11 heteroatoms. The summed E-state index contributed by atoms with van der Waals surface area (Å²) in [7, 11) is 1.22. The van der Waals surface area contributed by atoms with Crippen LogP contribution in [-0.2, 0) is 28.3 Å². The number of carbonyl (C=O) groups is 1. The fraction of sp³-hybridized carbons (Fsp3) is 0.227. The van der Waals surface area contributed by atoms with Crippen LogP contribution in [0.2, 0.25) is 0 Å². The first-order valence-electron chi connectivity index (χ1n) is 10.0. The average molecular weight is 488 g/mol. The number of sulfonamides is 1. The van der Waals surface area contributed by atoms with Crippen molar-refractivity contribution >= 4 is 43.4 Å². The highest BCUT2D eigenvalue weighted by Gasteiger charge is 2.19. The van der Waals surface area contributed by atoms with Gasteiger partial charge in [-0.3, -0.25) is 4.79 Å². The van der Waals surface area contributed by atoms with Gasteiger partial charge in [-0.1, -0.05) is 12.1 Å². The number of nitrogens with zero attached hydrogens (tertiary/aromatic N) is 4. The Bertz CT molecular complexity index is 1440.